The van der Waals surface area contributed by atoms with Gasteiger partial charge in [-0.2, -0.15) is 0 Å². The Balaban J connectivity index is 0.926. The van der Waals surface area contributed by atoms with E-state index in [-0.39, 0.29) is 11.6 Å². The highest BCUT2D eigenvalue weighted by molar-refractivity contribution is 5.78. The maximum absolute atomic E-state index is 14.5. The van der Waals surface area contributed by atoms with Crippen LogP contribution in [-0.4, -0.2) is 19.0 Å². The number of ketones is 1. The zero-order valence-electron chi connectivity index (χ0n) is 27.6. The molecule has 48 heavy (non-hydrogen) atoms. The molecule has 0 fully saturated rings. The molecule has 3 nitrogen and oxygen atoms in total. The zero-order valence-corrected chi connectivity index (χ0v) is 27.6. The fourth-order valence-electron chi connectivity index (χ4n) is 5.67. The van der Waals surface area contributed by atoms with Crippen molar-refractivity contribution in [1.29, 1.82) is 0 Å². The lowest BCUT2D eigenvalue weighted by Crippen LogP contribution is -1.99. The molecule has 0 spiro atoms. The van der Waals surface area contributed by atoms with Crippen molar-refractivity contribution >= 4 is 5.78 Å². The Morgan fingerprint density at radius 1 is 0.438 bits per heavy atom. The van der Waals surface area contributed by atoms with E-state index < -0.39 is 11.6 Å². The van der Waals surface area contributed by atoms with Crippen LogP contribution in [0.1, 0.15) is 89.9 Å². The van der Waals surface area contributed by atoms with Gasteiger partial charge in [0.15, 0.2) is 0 Å². The molecule has 0 aliphatic heterocycles. The summed E-state index contributed by atoms with van der Waals surface area (Å²) in [6.07, 6.45) is 13.5. The maximum Gasteiger partial charge on any atom is 0.134 e. The topological polar surface area (TPSA) is 35.5 Å². The molecule has 0 atom stereocenters. The first kappa shape index (κ1) is 36.7. The van der Waals surface area contributed by atoms with Crippen LogP contribution in [-0.2, 0) is 4.79 Å². The van der Waals surface area contributed by atoms with Crippen molar-refractivity contribution in [2.75, 3.05) is 13.2 Å². The number of unbranched alkanes of at least 4 members (excludes halogenated alkanes) is 10. The van der Waals surface area contributed by atoms with Gasteiger partial charge in [0.05, 0.1) is 13.2 Å². The fraction of sp³-hybridized carbons (Fsp3) is 0.390. The standard InChI is InChI=1S/C41H46F4O3/c42-33-19-15-31(16-20-33)38-25-23-36(29-40(38)44)47-27-11-7-3-1-5-9-13-35(46)14-10-6-2-4-8-12-28-48-37-24-26-39(41(45)30-37)32-17-21-34(43)22-18-32/h15-26,29-30H,1-14,27-28H2. The Morgan fingerprint density at radius 2 is 0.792 bits per heavy atom. The minimum absolute atomic E-state index is 0.353. The van der Waals surface area contributed by atoms with E-state index in [9.17, 15) is 22.4 Å². The predicted molar refractivity (Wildman–Crippen MR) is 184 cm³/mol. The van der Waals surface area contributed by atoms with Crippen LogP contribution in [0.5, 0.6) is 11.5 Å². The highest BCUT2D eigenvalue weighted by Crippen LogP contribution is 2.28. The molecule has 0 amide bonds. The van der Waals surface area contributed by atoms with E-state index in [4.69, 9.17) is 9.47 Å². The van der Waals surface area contributed by atoms with Gasteiger partial charge < -0.3 is 9.47 Å². The minimum Gasteiger partial charge on any atom is -0.493 e. The fourth-order valence-corrected chi connectivity index (χ4v) is 5.67. The van der Waals surface area contributed by atoms with E-state index in [1.807, 2.05) is 0 Å². The largest absolute Gasteiger partial charge is 0.493 e. The third-order valence-electron chi connectivity index (χ3n) is 8.43. The van der Waals surface area contributed by atoms with E-state index in [2.05, 4.69) is 0 Å². The number of benzene rings is 4. The SMILES string of the molecule is O=C(CCCCCCCCOc1ccc(-c2ccc(F)cc2)c(F)c1)CCCCCCCCOc1ccc(-c2ccc(F)cc2)c(F)c1. The summed E-state index contributed by atoms with van der Waals surface area (Å²) in [7, 11) is 0. The molecule has 0 saturated heterocycles. The van der Waals surface area contributed by atoms with E-state index in [1.54, 1.807) is 48.5 Å². The van der Waals surface area contributed by atoms with Gasteiger partial charge in [-0.05, 0) is 85.3 Å². The lowest BCUT2D eigenvalue weighted by atomic mass is 10.0. The molecule has 0 radical (unpaired) electrons. The van der Waals surface area contributed by atoms with Gasteiger partial charge in [0.25, 0.3) is 0 Å². The Hall–Kier alpha value is -4.13. The second-order valence-electron chi connectivity index (χ2n) is 12.3. The molecule has 0 aliphatic rings. The molecule has 0 aliphatic carbocycles. The Bertz CT molecular complexity index is 1420. The molecule has 256 valence electrons. The summed E-state index contributed by atoms with van der Waals surface area (Å²) in [5.41, 5.74) is 2.08. The summed E-state index contributed by atoms with van der Waals surface area (Å²) < 4.78 is 66.6. The number of carbonyl (C=O) groups is 1. The number of hydrogen-bond donors (Lipinski definition) is 0. The van der Waals surface area contributed by atoms with Crippen molar-refractivity contribution in [2.45, 2.75) is 89.9 Å². The molecule has 0 heterocycles. The van der Waals surface area contributed by atoms with Gasteiger partial charge >= 0.3 is 0 Å². The molecular formula is C41H46F4O3. The first-order valence-corrected chi connectivity index (χ1v) is 17.3. The summed E-state index contributed by atoms with van der Waals surface area (Å²) in [6.45, 7) is 1.05. The predicted octanol–water partition coefficient (Wildman–Crippen LogP) is 12.1. The van der Waals surface area contributed by atoms with Crippen molar-refractivity contribution in [1.82, 2.24) is 0 Å². The molecule has 0 N–H and O–H groups in total. The molecule has 0 aromatic heterocycles. The second-order valence-corrected chi connectivity index (χ2v) is 12.3. The van der Waals surface area contributed by atoms with Crippen LogP contribution < -0.4 is 9.47 Å². The Kier molecular flexibility index (Phi) is 15.5. The number of hydrogen-bond acceptors (Lipinski definition) is 3. The van der Waals surface area contributed by atoms with Crippen molar-refractivity contribution in [3.63, 3.8) is 0 Å². The quantitative estimate of drug-likeness (QED) is 0.0621. The average molecular weight is 663 g/mol. The lowest BCUT2D eigenvalue weighted by Gasteiger charge is -2.09. The number of carbonyl (C=O) groups excluding carboxylic acids is 1. The highest BCUT2D eigenvalue weighted by Gasteiger charge is 2.09. The van der Waals surface area contributed by atoms with Crippen LogP contribution in [0.4, 0.5) is 17.6 Å². The summed E-state index contributed by atoms with van der Waals surface area (Å²) in [5, 5.41) is 0. The summed E-state index contributed by atoms with van der Waals surface area (Å²) >= 11 is 0. The van der Waals surface area contributed by atoms with Gasteiger partial charge in [-0.15, -0.1) is 0 Å². The molecule has 7 heteroatoms. The van der Waals surface area contributed by atoms with Gasteiger partial charge in [0, 0.05) is 36.1 Å². The molecule has 0 unspecified atom stereocenters. The zero-order chi connectivity index (χ0) is 34.0. The monoisotopic (exact) mass is 662 g/mol. The summed E-state index contributed by atoms with van der Waals surface area (Å²) in [6, 6.07) is 21.0. The second kappa shape index (κ2) is 20.3. The molecule has 0 bridgehead atoms. The van der Waals surface area contributed by atoms with Gasteiger partial charge in [-0.25, -0.2) is 17.6 Å². The average Bonchev–Trinajstić information content (AvgIpc) is 3.08. The number of ether oxygens (including phenoxy) is 2. The molecule has 4 aromatic carbocycles. The Morgan fingerprint density at radius 3 is 1.17 bits per heavy atom. The number of halogens is 4. The lowest BCUT2D eigenvalue weighted by molar-refractivity contribution is -0.119. The molecule has 4 aromatic rings. The van der Waals surface area contributed by atoms with E-state index in [0.717, 1.165) is 77.0 Å². The third-order valence-corrected chi connectivity index (χ3v) is 8.43. The molecule has 4 rings (SSSR count). The van der Waals surface area contributed by atoms with Crippen LogP contribution in [0.15, 0.2) is 84.9 Å². The first-order chi connectivity index (χ1) is 23.4. The van der Waals surface area contributed by atoms with Gasteiger partial charge in [-0.1, -0.05) is 75.6 Å². The summed E-state index contributed by atoms with van der Waals surface area (Å²) in [4.78, 5) is 12.2. The van der Waals surface area contributed by atoms with Crippen LogP contribution in [0.25, 0.3) is 22.3 Å². The van der Waals surface area contributed by atoms with Crippen molar-refractivity contribution in [3.8, 4) is 33.8 Å². The van der Waals surface area contributed by atoms with Crippen LogP contribution >= 0.6 is 0 Å². The Labute approximate surface area is 282 Å². The summed E-state index contributed by atoms with van der Waals surface area (Å²) in [5.74, 6) is -0.155. The van der Waals surface area contributed by atoms with Gasteiger partial charge in [-0.3, -0.25) is 4.79 Å². The van der Waals surface area contributed by atoms with E-state index >= 15 is 0 Å². The maximum atomic E-state index is 14.5. The van der Waals surface area contributed by atoms with E-state index in [0.29, 0.717) is 65.6 Å². The van der Waals surface area contributed by atoms with Gasteiger partial charge in [0.1, 0.15) is 40.6 Å². The smallest absolute Gasteiger partial charge is 0.134 e. The van der Waals surface area contributed by atoms with Crippen LogP contribution in [0.2, 0.25) is 0 Å². The van der Waals surface area contributed by atoms with Crippen molar-refractivity contribution < 1.29 is 31.8 Å². The molecule has 0 saturated carbocycles. The highest BCUT2D eigenvalue weighted by atomic mass is 19.1. The van der Waals surface area contributed by atoms with Crippen LogP contribution in [0, 0.1) is 23.3 Å². The normalized spacial score (nSPS) is 11.1. The number of rotatable bonds is 22. The minimum atomic E-state index is -0.392. The molecular weight excluding hydrogens is 616 g/mol. The third kappa shape index (κ3) is 12.8. The first-order valence-electron chi connectivity index (χ1n) is 17.3. The van der Waals surface area contributed by atoms with Crippen LogP contribution in [0.3, 0.4) is 0 Å². The van der Waals surface area contributed by atoms with Crippen molar-refractivity contribution in [3.05, 3.63) is 108 Å². The van der Waals surface area contributed by atoms with E-state index in [1.165, 1.54) is 36.4 Å². The number of Topliss-reactive ketones (excluding diaryl/α,β-unsaturated/α-hetero) is 1. The van der Waals surface area contributed by atoms with Crippen molar-refractivity contribution in [2.24, 2.45) is 0 Å². The van der Waals surface area contributed by atoms with Gasteiger partial charge in [0.2, 0.25) is 0 Å².